The minimum absolute atomic E-state index is 0.366. The average Bonchev–Trinajstić information content (AvgIpc) is 2.55. The maximum Gasteiger partial charge on any atom is 0.134 e. The topological polar surface area (TPSA) is 38.9 Å². The van der Waals surface area contributed by atoms with Crippen LogP contribution in [0.1, 0.15) is 5.56 Å². The fourth-order valence-electron chi connectivity index (χ4n) is 2.37. The highest BCUT2D eigenvalue weighted by Gasteiger charge is 2.12. The van der Waals surface area contributed by atoms with Crippen molar-refractivity contribution >= 4 is 11.6 Å². The number of pyridine rings is 1. The molecule has 0 aliphatic carbocycles. The summed E-state index contributed by atoms with van der Waals surface area (Å²) in [5.74, 6) is 0. The van der Waals surface area contributed by atoms with Gasteiger partial charge < -0.3 is 5.73 Å². The number of benzene rings is 2. The zero-order valence-corrected chi connectivity index (χ0v) is 12.2. The molecule has 2 aromatic carbocycles. The number of nitrogens with two attached hydrogens (primary N) is 1. The summed E-state index contributed by atoms with van der Waals surface area (Å²) in [5.41, 5.74) is 10.8. The normalized spacial score (nSPS) is 10.6. The molecule has 1 aromatic heterocycles. The van der Waals surface area contributed by atoms with Gasteiger partial charge in [0.15, 0.2) is 0 Å². The number of rotatable bonds is 3. The largest absolute Gasteiger partial charge is 0.326 e. The number of nitrogens with zero attached hydrogens (tertiary/aromatic N) is 1. The Morgan fingerprint density at radius 1 is 0.857 bits per heavy atom. The van der Waals surface area contributed by atoms with Crippen molar-refractivity contribution < 1.29 is 0 Å². The molecule has 0 amide bonds. The summed E-state index contributed by atoms with van der Waals surface area (Å²) in [6, 6.07) is 22.2. The summed E-state index contributed by atoms with van der Waals surface area (Å²) < 4.78 is 0. The van der Waals surface area contributed by atoms with Crippen molar-refractivity contribution in [1.82, 2.24) is 4.98 Å². The Bertz CT molecular complexity index is 740. The van der Waals surface area contributed by atoms with Crippen molar-refractivity contribution in [3.8, 4) is 22.4 Å². The quantitative estimate of drug-likeness (QED) is 0.721. The zero-order chi connectivity index (χ0) is 14.7. The summed E-state index contributed by atoms with van der Waals surface area (Å²) in [5, 5.41) is 0.470. The molecule has 3 heteroatoms. The third-order valence-electron chi connectivity index (χ3n) is 3.43. The maximum absolute atomic E-state index is 6.34. The summed E-state index contributed by atoms with van der Waals surface area (Å²) in [4.78, 5) is 4.49. The van der Waals surface area contributed by atoms with Crippen LogP contribution in [-0.2, 0) is 6.54 Å². The second-order valence-electron chi connectivity index (χ2n) is 4.76. The molecule has 0 aliphatic rings. The Labute approximate surface area is 129 Å². The Morgan fingerprint density at radius 3 is 2.00 bits per heavy atom. The molecule has 0 bridgehead atoms. The minimum Gasteiger partial charge on any atom is -0.326 e. The standard InChI is InChI=1S/C18H15ClN2/c19-18-16(12-20)15(13-7-3-1-4-8-13)11-17(21-18)14-9-5-2-6-10-14/h1-11H,12,20H2. The van der Waals surface area contributed by atoms with E-state index in [2.05, 4.69) is 23.2 Å². The third kappa shape index (κ3) is 2.82. The lowest BCUT2D eigenvalue weighted by atomic mass is 9.99. The van der Waals surface area contributed by atoms with Gasteiger partial charge in [0.2, 0.25) is 0 Å². The van der Waals surface area contributed by atoms with Crippen molar-refractivity contribution in [1.29, 1.82) is 0 Å². The van der Waals surface area contributed by atoms with Gasteiger partial charge in [0.25, 0.3) is 0 Å². The molecule has 104 valence electrons. The molecule has 0 fully saturated rings. The fourth-order valence-corrected chi connectivity index (χ4v) is 2.64. The maximum atomic E-state index is 6.34. The number of hydrogen-bond donors (Lipinski definition) is 1. The Hall–Kier alpha value is -2.16. The first-order chi connectivity index (χ1) is 10.3. The van der Waals surface area contributed by atoms with Crippen LogP contribution in [0.25, 0.3) is 22.4 Å². The van der Waals surface area contributed by atoms with Gasteiger partial charge in [-0.15, -0.1) is 0 Å². The van der Waals surface area contributed by atoms with E-state index in [1.807, 2.05) is 48.5 Å². The molecule has 3 aromatic rings. The summed E-state index contributed by atoms with van der Waals surface area (Å²) in [7, 11) is 0. The average molecular weight is 295 g/mol. The lowest BCUT2D eigenvalue weighted by Gasteiger charge is -2.12. The second kappa shape index (κ2) is 6.08. The van der Waals surface area contributed by atoms with Crippen LogP contribution in [0.2, 0.25) is 5.15 Å². The van der Waals surface area contributed by atoms with Gasteiger partial charge in [-0.2, -0.15) is 0 Å². The number of aromatic nitrogens is 1. The summed E-state index contributed by atoms with van der Waals surface area (Å²) in [6.45, 7) is 0.366. The minimum atomic E-state index is 0.366. The molecular formula is C18H15ClN2. The molecule has 2 nitrogen and oxygen atoms in total. The van der Waals surface area contributed by atoms with Crippen molar-refractivity contribution in [2.24, 2.45) is 5.73 Å². The van der Waals surface area contributed by atoms with E-state index in [4.69, 9.17) is 17.3 Å². The van der Waals surface area contributed by atoms with Crippen LogP contribution in [0.5, 0.6) is 0 Å². The van der Waals surface area contributed by atoms with Crippen LogP contribution < -0.4 is 5.73 Å². The van der Waals surface area contributed by atoms with E-state index in [1.165, 1.54) is 0 Å². The van der Waals surface area contributed by atoms with Crippen molar-refractivity contribution in [3.05, 3.63) is 77.4 Å². The highest BCUT2D eigenvalue weighted by Crippen LogP contribution is 2.32. The van der Waals surface area contributed by atoms with Gasteiger partial charge in [-0.1, -0.05) is 72.3 Å². The van der Waals surface area contributed by atoms with E-state index in [1.54, 1.807) is 0 Å². The summed E-state index contributed by atoms with van der Waals surface area (Å²) in [6.07, 6.45) is 0. The SMILES string of the molecule is NCc1c(-c2ccccc2)cc(-c2ccccc2)nc1Cl. The first-order valence-electron chi connectivity index (χ1n) is 6.80. The molecule has 2 N–H and O–H groups in total. The number of hydrogen-bond acceptors (Lipinski definition) is 2. The molecule has 21 heavy (non-hydrogen) atoms. The van der Waals surface area contributed by atoms with E-state index in [0.29, 0.717) is 11.7 Å². The molecule has 0 unspecified atom stereocenters. The van der Waals surface area contributed by atoms with Crippen LogP contribution in [0.4, 0.5) is 0 Å². The highest BCUT2D eigenvalue weighted by atomic mass is 35.5. The molecule has 3 rings (SSSR count). The highest BCUT2D eigenvalue weighted by molar-refractivity contribution is 6.30. The van der Waals surface area contributed by atoms with Gasteiger partial charge in [-0.05, 0) is 17.2 Å². The van der Waals surface area contributed by atoms with Crippen molar-refractivity contribution in [2.75, 3.05) is 0 Å². The Balaban J connectivity index is 2.21. The first kappa shape index (κ1) is 13.8. The Morgan fingerprint density at radius 2 is 1.43 bits per heavy atom. The number of halogens is 1. The van der Waals surface area contributed by atoms with Gasteiger partial charge >= 0.3 is 0 Å². The van der Waals surface area contributed by atoms with Crippen LogP contribution in [0.15, 0.2) is 66.7 Å². The van der Waals surface area contributed by atoms with E-state index < -0.39 is 0 Å². The van der Waals surface area contributed by atoms with Crippen LogP contribution in [0, 0.1) is 0 Å². The van der Waals surface area contributed by atoms with E-state index in [-0.39, 0.29) is 0 Å². The fraction of sp³-hybridized carbons (Fsp3) is 0.0556. The predicted molar refractivity (Wildman–Crippen MR) is 88.0 cm³/mol. The smallest absolute Gasteiger partial charge is 0.134 e. The van der Waals surface area contributed by atoms with Crippen LogP contribution in [0.3, 0.4) is 0 Å². The molecule has 0 spiro atoms. The van der Waals surface area contributed by atoms with E-state index >= 15 is 0 Å². The molecular weight excluding hydrogens is 280 g/mol. The lowest BCUT2D eigenvalue weighted by Crippen LogP contribution is -2.02. The molecule has 0 aliphatic heterocycles. The van der Waals surface area contributed by atoms with Gasteiger partial charge in [0, 0.05) is 17.7 Å². The molecule has 1 heterocycles. The van der Waals surface area contributed by atoms with Crippen LogP contribution >= 0.6 is 11.6 Å². The van der Waals surface area contributed by atoms with Crippen molar-refractivity contribution in [2.45, 2.75) is 6.54 Å². The van der Waals surface area contributed by atoms with Crippen LogP contribution in [-0.4, -0.2) is 4.98 Å². The van der Waals surface area contributed by atoms with E-state index in [9.17, 15) is 0 Å². The van der Waals surface area contributed by atoms with Gasteiger partial charge in [-0.25, -0.2) is 4.98 Å². The third-order valence-corrected chi connectivity index (χ3v) is 3.74. The Kier molecular flexibility index (Phi) is 4.00. The molecule has 0 saturated carbocycles. The molecule has 0 saturated heterocycles. The van der Waals surface area contributed by atoms with Gasteiger partial charge in [-0.3, -0.25) is 0 Å². The van der Waals surface area contributed by atoms with E-state index in [0.717, 1.165) is 27.9 Å². The predicted octanol–water partition coefficient (Wildman–Crippen LogP) is 4.53. The molecule has 0 atom stereocenters. The monoisotopic (exact) mass is 294 g/mol. The van der Waals surface area contributed by atoms with Gasteiger partial charge in [0.1, 0.15) is 5.15 Å². The lowest BCUT2D eigenvalue weighted by molar-refractivity contribution is 1.05. The first-order valence-corrected chi connectivity index (χ1v) is 7.17. The molecule has 0 radical (unpaired) electrons. The van der Waals surface area contributed by atoms with Crippen molar-refractivity contribution in [3.63, 3.8) is 0 Å². The zero-order valence-electron chi connectivity index (χ0n) is 11.5. The van der Waals surface area contributed by atoms with Gasteiger partial charge in [0.05, 0.1) is 5.69 Å². The summed E-state index contributed by atoms with van der Waals surface area (Å²) >= 11 is 6.34. The second-order valence-corrected chi connectivity index (χ2v) is 5.12.